The number of nitrogens with zero attached hydrogens (tertiary/aromatic N) is 5. The number of anilines is 1. The van der Waals surface area contributed by atoms with Crippen molar-refractivity contribution in [3.63, 3.8) is 0 Å². The van der Waals surface area contributed by atoms with Crippen molar-refractivity contribution in [3.8, 4) is 0 Å². The number of aryl methyl sites for hydroxylation is 3. The van der Waals surface area contributed by atoms with E-state index in [0.29, 0.717) is 54.9 Å². The summed E-state index contributed by atoms with van der Waals surface area (Å²) in [5, 5.41) is 7.78. The third kappa shape index (κ3) is 5.91. The predicted octanol–water partition coefficient (Wildman–Crippen LogP) is 3.67. The third-order valence-electron chi connectivity index (χ3n) is 9.07. The zero-order chi connectivity index (χ0) is 28.6. The van der Waals surface area contributed by atoms with Gasteiger partial charge in [-0.15, -0.1) is 0 Å². The van der Waals surface area contributed by atoms with Crippen molar-refractivity contribution < 1.29 is 14.4 Å². The third-order valence-corrected chi connectivity index (χ3v) is 9.48. The lowest BCUT2D eigenvalue weighted by atomic mass is 9.94. The second-order valence-corrected chi connectivity index (χ2v) is 12.3. The second kappa shape index (κ2) is 11.9. The maximum absolute atomic E-state index is 13.7. The zero-order valence-corrected chi connectivity index (χ0v) is 24.8. The Morgan fingerprint density at radius 1 is 1.02 bits per heavy atom. The maximum atomic E-state index is 13.7. The van der Waals surface area contributed by atoms with Crippen LogP contribution in [0.15, 0.2) is 18.2 Å². The molecular weight excluding hydrogens is 528 g/mol. The molecular formula is C30H41ClN6O3. The molecule has 3 saturated heterocycles. The van der Waals surface area contributed by atoms with Crippen molar-refractivity contribution in [1.82, 2.24) is 24.9 Å². The maximum Gasteiger partial charge on any atom is 0.257 e. The van der Waals surface area contributed by atoms with Crippen LogP contribution in [0.5, 0.6) is 0 Å². The molecule has 2 aromatic rings. The minimum atomic E-state index is -0.0900. The van der Waals surface area contributed by atoms with Gasteiger partial charge < -0.3 is 19.6 Å². The predicted molar refractivity (Wildman–Crippen MR) is 156 cm³/mol. The molecule has 2 atom stereocenters. The van der Waals surface area contributed by atoms with Gasteiger partial charge in [-0.05, 0) is 76.1 Å². The van der Waals surface area contributed by atoms with Gasteiger partial charge in [0.2, 0.25) is 11.8 Å². The minimum Gasteiger partial charge on any atom is -0.343 e. The first-order valence-electron chi connectivity index (χ1n) is 14.5. The first-order valence-corrected chi connectivity index (χ1v) is 14.9. The molecule has 1 N–H and O–H groups in total. The fourth-order valence-corrected chi connectivity index (χ4v) is 6.87. The van der Waals surface area contributed by atoms with Gasteiger partial charge in [0.1, 0.15) is 0 Å². The number of hydrogen-bond acceptors (Lipinski definition) is 5. The van der Waals surface area contributed by atoms with Gasteiger partial charge in [-0.1, -0.05) is 17.7 Å². The van der Waals surface area contributed by atoms with E-state index in [2.05, 4.69) is 15.1 Å². The highest BCUT2D eigenvalue weighted by Gasteiger charge is 2.42. The van der Waals surface area contributed by atoms with Crippen molar-refractivity contribution in [1.29, 1.82) is 0 Å². The molecule has 5 rings (SSSR count). The second-order valence-electron chi connectivity index (χ2n) is 11.9. The van der Waals surface area contributed by atoms with Gasteiger partial charge >= 0.3 is 0 Å². The van der Waals surface area contributed by atoms with Gasteiger partial charge in [0.15, 0.2) is 0 Å². The van der Waals surface area contributed by atoms with Crippen LogP contribution in [-0.2, 0) is 9.59 Å². The lowest BCUT2D eigenvalue weighted by molar-refractivity contribution is -0.133. The van der Waals surface area contributed by atoms with Crippen molar-refractivity contribution >= 4 is 35.0 Å². The molecule has 3 fully saturated rings. The van der Waals surface area contributed by atoms with E-state index in [1.54, 1.807) is 6.92 Å². The van der Waals surface area contributed by atoms with Crippen LogP contribution in [0.4, 0.5) is 5.69 Å². The summed E-state index contributed by atoms with van der Waals surface area (Å²) in [4.78, 5) is 46.8. The van der Waals surface area contributed by atoms with Crippen molar-refractivity contribution in [3.05, 3.63) is 45.7 Å². The molecule has 9 nitrogen and oxygen atoms in total. The van der Waals surface area contributed by atoms with Crippen LogP contribution in [0.1, 0.15) is 53.5 Å². The smallest absolute Gasteiger partial charge is 0.257 e. The summed E-state index contributed by atoms with van der Waals surface area (Å²) in [6.07, 6.45) is 2.24. The highest BCUT2D eigenvalue weighted by Crippen LogP contribution is 2.33. The van der Waals surface area contributed by atoms with Crippen LogP contribution >= 0.6 is 11.6 Å². The number of carbonyl (C=O) groups excluding carboxylic acids is 3. The molecule has 3 aliphatic heterocycles. The standard InChI is InChI=1S/C30H41ClN6O3/c1-19-6-7-26(14-27(19)31)37(29(39)23-8-12-35(13-9-23)22(4)38)11-5-10-34-15-24-17-36(18-25(24)16-34)30(40)28-20(2)32-33-21(28)3/h6-7,14,23-25H,5,8-13,15-18H2,1-4H3,(H,32,33). The van der Waals surface area contributed by atoms with Crippen LogP contribution < -0.4 is 4.90 Å². The molecule has 0 saturated carbocycles. The van der Waals surface area contributed by atoms with E-state index in [9.17, 15) is 14.4 Å². The molecule has 216 valence electrons. The quantitative estimate of drug-likeness (QED) is 0.550. The van der Waals surface area contributed by atoms with Gasteiger partial charge in [-0.2, -0.15) is 5.10 Å². The number of benzene rings is 1. The summed E-state index contributed by atoms with van der Waals surface area (Å²) in [6.45, 7) is 13.7. The number of amides is 3. The SMILES string of the molecule is CC(=O)N1CCC(C(=O)N(CCCN2CC3CN(C(=O)c4c(C)n[nH]c4C)CC3C2)c2ccc(C)c(Cl)c2)CC1. The first-order chi connectivity index (χ1) is 19.1. The number of likely N-dealkylation sites (tertiary alicyclic amines) is 3. The summed E-state index contributed by atoms with van der Waals surface area (Å²) in [5.41, 5.74) is 4.14. The van der Waals surface area contributed by atoms with Gasteiger partial charge in [0.05, 0.1) is 11.3 Å². The van der Waals surface area contributed by atoms with Crippen LogP contribution in [0.3, 0.4) is 0 Å². The van der Waals surface area contributed by atoms with Gasteiger partial charge in [0.25, 0.3) is 5.91 Å². The van der Waals surface area contributed by atoms with Crippen molar-refractivity contribution in [2.24, 2.45) is 17.8 Å². The Morgan fingerprint density at radius 2 is 1.70 bits per heavy atom. The van der Waals surface area contributed by atoms with Crippen molar-refractivity contribution in [2.45, 2.75) is 47.0 Å². The molecule has 0 spiro atoms. The Morgan fingerprint density at radius 3 is 2.27 bits per heavy atom. The normalized spacial score (nSPS) is 21.6. The van der Waals surface area contributed by atoms with Gasteiger partial charge in [-0.3, -0.25) is 19.5 Å². The number of H-pyrrole nitrogens is 1. The van der Waals surface area contributed by atoms with E-state index in [1.165, 1.54) is 0 Å². The number of hydrogen-bond donors (Lipinski definition) is 1. The van der Waals surface area contributed by atoms with Crippen LogP contribution in [0.25, 0.3) is 0 Å². The Labute approximate surface area is 241 Å². The Bertz CT molecular complexity index is 1240. The summed E-state index contributed by atoms with van der Waals surface area (Å²) < 4.78 is 0. The lowest BCUT2D eigenvalue weighted by Crippen LogP contribution is -2.44. The largest absolute Gasteiger partial charge is 0.343 e. The van der Waals surface area contributed by atoms with E-state index < -0.39 is 0 Å². The molecule has 10 heteroatoms. The monoisotopic (exact) mass is 568 g/mol. The van der Waals surface area contributed by atoms with E-state index in [4.69, 9.17) is 11.6 Å². The van der Waals surface area contributed by atoms with E-state index in [-0.39, 0.29) is 23.6 Å². The highest BCUT2D eigenvalue weighted by atomic mass is 35.5. The first kappa shape index (κ1) is 28.6. The molecule has 40 heavy (non-hydrogen) atoms. The highest BCUT2D eigenvalue weighted by molar-refractivity contribution is 6.31. The molecule has 0 radical (unpaired) electrons. The van der Waals surface area contributed by atoms with Crippen LogP contribution in [0.2, 0.25) is 5.02 Å². The Hall–Kier alpha value is -2.91. The fourth-order valence-electron chi connectivity index (χ4n) is 6.69. The zero-order valence-electron chi connectivity index (χ0n) is 24.1. The van der Waals surface area contributed by atoms with E-state index in [0.717, 1.165) is 61.8 Å². The number of nitrogens with one attached hydrogen (secondary N) is 1. The molecule has 0 bridgehead atoms. The van der Waals surface area contributed by atoms with Crippen molar-refractivity contribution in [2.75, 3.05) is 57.3 Å². The Balaban J connectivity index is 1.17. The fraction of sp³-hybridized carbons (Fsp3) is 0.600. The number of carbonyl (C=O) groups is 3. The number of rotatable bonds is 7. The molecule has 3 aliphatic rings. The summed E-state index contributed by atoms with van der Waals surface area (Å²) >= 11 is 6.45. The molecule has 1 aromatic heterocycles. The summed E-state index contributed by atoms with van der Waals surface area (Å²) in [6, 6.07) is 5.85. The topological polar surface area (TPSA) is 92.9 Å². The lowest BCUT2D eigenvalue weighted by Gasteiger charge is -2.34. The molecule has 1 aromatic carbocycles. The number of fused-ring (bicyclic) bond motifs is 1. The van der Waals surface area contributed by atoms with E-state index >= 15 is 0 Å². The average Bonchev–Trinajstić information content (AvgIpc) is 3.60. The number of aromatic amines is 1. The van der Waals surface area contributed by atoms with Gasteiger partial charge in [-0.25, -0.2) is 0 Å². The number of halogens is 1. The number of piperidine rings is 1. The molecule has 3 amide bonds. The molecule has 2 unspecified atom stereocenters. The van der Waals surface area contributed by atoms with Crippen LogP contribution in [-0.4, -0.2) is 95.0 Å². The van der Waals surface area contributed by atoms with E-state index in [1.807, 2.05) is 53.7 Å². The number of aromatic nitrogens is 2. The summed E-state index contributed by atoms with van der Waals surface area (Å²) in [7, 11) is 0. The minimum absolute atomic E-state index is 0.0719. The summed E-state index contributed by atoms with van der Waals surface area (Å²) in [5.74, 6) is 1.16. The van der Waals surface area contributed by atoms with Crippen LogP contribution in [0, 0.1) is 38.5 Å². The average molecular weight is 569 g/mol. The molecule has 0 aliphatic carbocycles. The van der Waals surface area contributed by atoms with Gasteiger partial charge in [0, 0.05) is 75.1 Å². The Kier molecular flexibility index (Phi) is 8.52. The molecule has 4 heterocycles.